The van der Waals surface area contributed by atoms with Crippen molar-refractivity contribution in [2.45, 2.75) is 31.2 Å². The molecule has 0 radical (unpaired) electrons. The van der Waals surface area contributed by atoms with Crippen molar-refractivity contribution in [1.29, 1.82) is 0 Å². The number of anilines is 1. The van der Waals surface area contributed by atoms with Gasteiger partial charge >= 0.3 is 0 Å². The average Bonchev–Trinajstić information content (AvgIpc) is 2.33. The lowest BCUT2D eigenvalue weighted by atomic mass is 10.2. The second-order valence-electron chi connectivity index (χ2n) is 4.62. The zero-order valence-electron chi connectivity index (χ0n) is 11.9. The van der Waals surface area contributed by atoms with Crippen molar-refractivity contribution < 1.29 is 8.42 Å². The highest BCUT2D eigenvalue weighted by atomic mass is 32.2. The molecule has 1 unspecified atom stereocenters. The molecule has 108 valence electrons. The third-order valence-corrected chi connectivity index (χ3v) is 5.70. The van der Waals surface area contributed by atoms with E-state index >= 15 is 0 Å². The quantitative estimate of drug-likeness (QED) is 0.819. The van der Waals surface area contributed by atoms with Crippen LogP contribution < -0.4 is 5.73 Å². The lowest BCUT2D eigenvalue weighted by Gasteiger charge is -2.26. The number of benzene rings is 1. The van der Waals surface area contributed by atoms with Crippen LogP contribution in [-0.2, 0) is 10.0 Å². The van der Waals surface area contributed by atoms with Gasteiger partial charge < -0.3 is 5.73 Å². The van der Waals surface area contributed by atoms with Crippen LogP contribution in [0.3, 0.4) is 0 Å². The molecule has 0 amide bonds. The minimum absolute atomic E-state index is 0.00161. The van der Waals surface area contributed by atoms with E-state index in [-0.39, 0.29) is 10.9 Å². The summed E-state index contributed by atoms with van der Waals surface area (Å²) in [4.78, 5) is 0.270. The topological polar surface area (TPSA) is 63.4 Å². The SMILES string of the molecule is CCC(CSC)N(C)S(=O)(=O)c1cc(C)cc(N)c1. The first-order chi connectivity index (χ1) is 8.82. The molecule has 0 saturated carbocycles. The number of nitrogens with two attached hydrogens (primary N) is 1. The van der Waals surface area contributed by atoms with Gasteiger partial charge in [0.1, 0.15) is 0 Å². The van der Waals surface area contributed by atoms with Crippen molar-refractivity contribution >= 4 is 27.5 Å². The predicted octanol–water partition coefficient (Wildman–Crippen LogP) is 2.34. The van der Waals surface area contributed by atoms with Crippen molar-refractivity contribution in [3.05, 3.63) is 23.8 Å². The van der Waals surface area contributed by atoms with Gasteiger partial charge in [0.25, 0.3) is 0 Å². The first-order valence-corrected chi connectivity index (χ1v) is 9.00. The molecule has 1 rings (SSSR count). The summed E-state index contributed by atoms with van der Waals surface area (Å²) >= 11 is 1.65. The molecule has 0 aliphatic carbocycles. The van der Waals surface area contributed by atoms with Crippen LogP contribution in [0.15, 0.2) is 23.1 Å². The number of rotatable bonds is 6. The third-order valence-electron chi connectivity index (χ3n) is 3.09. The van der Waals surface area contributed by atoms with Gasteiger partial charge in [0.05, 0.1) is 4.90 Å². The number of aryl methyl sites for hydroxylation is 1. The van der Waals surface area contributed by atoms with Gasteiger partial charge in [0, 0.05) is 24.5 Å². The Morgan fingerprint density at radius 1 is 1.37 bits per heavy atom. The van der Waals surface area contributed by atoms with E-state index in [0.717, 1.165) is 17.7 Å². The zero-order valence-corrected chi connectivity index (χ0v) is 13.5. The number of sulfonamides is 1. The molecule has 1 atom stereocenters. The summed E-state index contributed by atoms with van der Waals surface area (Å²) in [6, 6.07) is 4.94. The summed E-state index contributed by atoms with van der Waals surface area (Å²) in [6.45, 7) is 3.84. The molecule has 1 aromatic rings. The molecular formula is C13H22N2O2S2. The number of hydrogen-bond acceptors (Lipinski definition) is 4. The fourth-order valence-electron chi connectivity index (χ4n) is 1.96. The first-order valence-electron chi connectivity index (χ1n) is 6.17. The molecule has 0 aliphatic heterocycles. The Hall–Kier alpha value is -0.720. The molecule has 0 aliphatic rings. The van der Waals surface area contributed by atoms with E-state index in [2.05, 4.69) is 0 Å². The lowest BCUT2D eigenvalue weighted by molar-refractivity contribution is 0.385. The van der Waals surface area contributed by atoms with E-state index in [9.17, 15) is 8.42 Å². The standard InChI is InChI=1S/C13H22N2O2S2/c1-5-12(9-18-4)15(3)19(16,17)13-7-10(2)6-11(14)8-13/h6-8,12H,5,9,14H2,1-4H3. The molecule has 19 heavy (non-hydrogen) atoms. The van der Waals surface area contributed by atoms with Crippen molar-refractivity contribution in [2.24, 2.45) is 0 Å². The first kappa shape index (κ1) is 16.3. The fourth-order valence-corrected chi connectivity index (χ4v) is 4.47. The van der Waals surface area contributed by atoms with E-state index in [0.29, 0.717) is 5.69 Å². The van der Waals surface area contributed by atoms with Crippen LogP contribution in [0.25, 0.3) is 0 Å². The van der Waals surface area contributed by atoms with E-state index in [1.54, 1.807) is 30.9 Å². The van der Waals surface area contributed by atoms with Gasteiger partial charge in [-0.05, 0) is 43.4 Å². The Balaban J connectivity index is 3.15. The molecule has 2 N–H and O–H groups in total. The fraction of sp³-hybridized carbons (Fsp3) is 0.538. The van der Waals surface area contributed by atoms with Gasteiger partial charge in [0.2, 0.25) is 10.0 Å². The zero-order chi connectivity index (χ0) is 14.6. The summed E-state index contributed by atoms with van der Waals surface area (Å²) in [6.07, 6.45) is 2.77. The molecule has 0 saturated heterocycles. The Labute approximate surface area is 120 Å². The molecule has 6 heteroatoms. The normalized spacial score (nSPS) is 13.7. The van der Waals surface area contributed by atoms with E-state index in [4.69, 9.17) is 5.73 Å². The van der Waals surface area contributed by atoms with Gasteiger partial charge in [0.15, 0.2) is 0 Å². The van der Waals surface area contributed by atoms with Crippen LogP contribution in [0.5, 0.6) is 0 Å². The second kappa shape index (κ2) is 6.63. The molecule has 0 spiro atoms. The van der Waals surface area contributed by atoms with Crippen LogP contribution in [0.4, 0.5) is 5.69 Å². The summed E-state index contributed by atoms with van der Waals surface area (Å²) in [5.41, 5.74) is 7.06. The summed E-state index contributed by atoms with van der Waals surface area (Å²) in [7, 11) is -1.84. The Morgan fingerprint density at radius 3 is 2.47 bits per heavy atom. The van der Waals surface area contributed by atoms with Gasteiger partial charge in [-0.15, -0.1) is 0 Å². The predicted molar refractivity (Wildman–Crippen MR) is 83.0 cm³/mol. The van der Waals surface area contributed by atoms with E-state index < -0.39 is 10.0 Å². The van der Waals surface area contributed by atoms with E-state index in [1.165, 1.54) is 10.4 Å². The van der Waals surface area contributed by atoms with Crippen LogP contribution in [0.1, 0.15) is 18.9 Å². The monoisotopic (exact) mass is 302 g/mol. The maximum atomic E-state index is 12.6. The largest absolute Gasteiger partial charge is 0.399 e. The van der Waals surface area contributed by atoms with Gasteiger partial charge in [-0.1, -0.05) is 6.92 Å². The highest BCUT2D eigenvalue weighted by molar-refractivity contribution is 7.98. The molecule has 1 aromatic carbocycles. The van der Waals surface area contributed by atoms with Crippen LogP contribution in [0, 0.1) is 6.92 Å². The number of hydrogen-bond donors (Lipinski definition) is 1. The van der Waals surface area contributed by atoms with Gasteiger partial charge in [-0.2, -0.15) is 16.1 Å². The van der Waals surface area contributed by atoms with Crippen molar-refractivity contribution in [1.82, 2.24) is 4.31 Å². The Morgan fingerprint density at radius 2 is 2.00 bits per heavy atom. The van der Waals surface area contributed by atoms with Gasteiger partial charge in [-0.25, -0.2) is 8.42 Å². The lowest BCUT2D eigenvalue weighted by Crippen LogP contribution is -2.38. The Bertz CT molecular complexity index is 509. The minimum Gasteiger partial charge on any atom is -0.399 e. The van der Waals surface area contributed by atoms with E-state index in [1.807, 2.05) is 20.1 Å². The number of nitrogen functional groups attached to an aromatic ring is 1. The highest BCUT2D eigenvalue weighted by Gasteiger charge is 2.27. The molecular weight excluding hydrogens is 280 g/mol. The number of nitrogens with zero attached hydrogens (tertiary/aromatic N) is 1. The van der Waals surface area contributed by atoms with Gasteiger partial charge in [-0.3, -0.25) is 0 Å². The molecule has 0 fully saturated rings. The maximum Gasteiger partial charge on any atom is 0.243 e. The highest BCUT2D eigenvalue weighted by Crippen LogP contribution is 2.22. The van der Waals surface area contributed by atoms with Crippen molar-refractivity contribution in [3.8, 4) is 0 Å². The third kappa shape index (κ3) is 3.87. The summed E-state index contributed by atoms with van der Waals surface area (Å²) in [5.74, 6) is 0.785. The molecule has 0 aromatic heterocycles. The summed E-state index contributed by atoms with van der Waals surface area (Å²) in [5, 5.41) is 0. The molecule has 0 bridgehead atoms. The van der Waals surface area contributed by atoms with Crippen LogP contribution >= 0.6 is 11.8 Å². The van der Waals surface area contributed by atoms with Crippen LogP contribution in [0.2, 0.25) is 0 Å². The molecule has 0 heterocycles. The molecule has 4 nitrogen and oxygen atoms in total. The number of thioether (sulfide) groups is 1. The Kier molecular flexibility index (Phi) is 5.70. The summed E-state index contributed by atoms with van der Waals surface area (Å²) < 4.78 is 26.6. The minimum atomic E-state index is -3.48. The average molecular weight is 302 g/mol. The second-order valence-corrected chi connectivity index (χ2v) is 7.53. The van der Waals surface area contributed by atoms with Crippen molar-refractivity contribution in [2.75, 3.05) is 24.8 Å². The van der Waals surface area contributed by atoms with Crippen LogP contribution in [-0.4, -0.2) is 37.8 Å². The maximum absolute atomic E-state index is 12.6. The van der Waals surface area contributed by atoms with Crippen molar-refractivity contribution in [3.63, 3.8) is 0 Å². The smallest absolute Gasteiger partial charge is 0.243 e.